The summed E-state index contributed by atoms with van der Waals surface area (Å²) >= 11 is 5.97. The average Bonchev–Trinajstić information content (AvgIpc) is 2.33. The van der Waals surface area contributed by atoms with Crippen LogP contribution in [0.25, 0.3) is 0 Å². The second-order valence-electron chi connectivity index (χ2n) is 6.96. The van der Waals surface area contributed by atoms with Gasteiger partial charge in [0.25, 0.3) is 0 Å². The molecule has 0 aromatic heterocycles. The number of fused-ring (bicyclic) bond motifs is 1. The van der Waals surface area contributed by atoms with Gasteiger partial charge in [0.15, 0.2) is 0 Å². The van der Waals surface area contributed by atoms with Gasteiger partial charge in [-0.05, 0) is 52.8 Å². The fraction of sp³-hybridized carbons (Fsp3) is 0.562. The summed E-state index contributed by atoms with van der Waals surface area (Å²) in [5, 5.41) is 13.8. The molecule has 122 valence electrons. The van der Waals surface area contributed by atoms with Gasteiger partial charge in [0, 0.05) is 10.6 Å². The molecule has 5 nitrogen and oxygen atoms in total. The van der Waals surface area contributed by atoms with Gasteiger partial charge in [-0.2, -0.15) is 0 Å². The van der Waals surface area contributed by atoms with E-state index in [2.05, 4.69) is 5.32 Å². The molecule has 2 rings (SSSR count). The third-order valence-corrected chi connectivity index (χ3v) is 3.64. The Labute approximate surface area is 135 Å². The Morgan fingerprint density at radius 3 is 2.64 bits per heavy atom. The predicted octanol–water partition coefficient (Wildman–Crippen LogP) is 3.44. The number of amides is 1. The first-order valence-electron chi connectivity index (χ1n) is 7.16. The van der Waals surface area contributed by atoms with Crippen LogP contribution in [0, 0.1) is 0 Å². The highest BCUT2D eigenvalue weighted by molar-refractivity contribution is 6.30. The second kappa shape index (κ2) is 5.63. The Balaban J connectivity index is 2.25. The molecule has 0 saturated carbocycles. The summed E-state index contributed by atoms with van der Waals surface area (Å²) in [6.45, 7) is 8.94. The minimum Gasteiger partial charge on any atom is -0.485 e. The summed E-state index contributed by atoms with van der Waals surface area (Å²) in [4.78, 5) is 12.0. The third-order valence-electron chi connectivity index (χ3n) is 3.40. The van der Waals surface area contributed by atoms with Crippen molar-refractivity contribution in [3.63, 3.8) is 0 Å². The third kappa shape index (κ3) is 3.65. The fourth-order valence-electron chi connectivity index (χ4n) is 2.44. The summed E-state index contributed by atoms with van der Waals surface area (Å²) in [5.74, 6) is 0.559. The molecule has 0 aliphatic carbocycles. The van der Waals surface area contributed by atoms with Gasteiger partial charge in [-0.1, -0.05) is 11.6 Å². The average molecular weight is 328 g/mol. The number of hydrogen-bond donors (Lipinski definition) is 2. The smallest absolute Gasteiger partial charge is 0.408 e. The van der Waals surface area contributed by atoms with Crippen molar-refractivity contribution in [2.75, 3.05) is 0 Å². The molecule has 22 heavy (non-hydrogen) atoms. The molecule has 1 aliphatic heterocycles. The lowest BCUT2D eigenvalue weighted by Crippen LogP contribution is -2.58. The highest BCUT2D eigenvalue weighted by Crippen LogP contribution is 2.40. The molecular weight excluding hydrogens is 306 g/mol. The Hall–Kier alpha value is -1.46. The minimum atomic E-state index is -0.940. The minimum absolute atomic E-state index is 0.497. The largest absolute Gasteiger partial charge is 0.485 e. The Bertz CT molecular complexity index is 580. The van der Waals surface area contributed by atoms with E-state index in [-0.39, 0.29) is 0 Å². The number of ether oxygens (including phenoxy) is 2. The van der Waals surface area contributed by atoms with E-state index in [1.54, 1.807) is 52.8 Å². The normalized spacial score (nSPS) is 23.2. The predicted molar refractivity (Wildman–Crippen MR) is 84.3 cm³/mol. The van der Waals surface area contributed by atoms with E-state index in [1.165, 1.54) is 0 Å². The van der Waals surface area contributed by atoms with Crippen LogP contribution in [0.3, 0.4) is 0 Å². The maximum atomic E-state index is 12.0. The molecule has 1 aromatic carbocycles. The quantitative estimate of drug-likeness (QED) is 0.829. The van der Waals surface area contributed by atoms with E-state index in [4.69, 9.17) is 21.1 Å². The summed E-state index contributed by atoms with van der Waals surface area (Å²) in [6, 6.07) is 4.39. The van der Waals surface area contributed by atoms with E-state index < -0.39 is 29.4 Å². The van der Waals surface area contributed by atoms with E-state index in [1.807, 2.05) is 0 Å². The zero-order valence-electron chi connectivity index (χ0n) is 13.4. The van der Waals surface area contributed by atoms with E-state index >= 15 is 0 Å². The van der Waals surface area contributed by atoms with Gasteiger partial charge < -0.3 is 19.9 Å². The summed E-state index contributed by atoms with van der Waals surface area (Å²) in [5.41, 5.74) is -0.861. The molecule has 0 spiro atoms. The second-order valence-corrected chi connectivity index (χ2v) is 7.39. The summed E-state index contributed by atoms with van der Waals surface area (Å²) < 4.78 is 11.2. The Morgan fingerprint density at radius 2 is 2.05 bits per heavy atom. The molecule has 0 radical (unpaired) electrons. The number of aliphatic hydroxyl groups excluding tert-OH is 1. The van der Waals surface area contributed by atoms with Gasteiger partial charge in [-0.3, -0.25) is 0 Å². The SMILES string of the molecule is CC(C)(C)OC(=O)N[C@@H]1[C@@H](O)c2cc(Cl)ccc2OC1(C)C. The van der Waals surface area contributed by atoms with Crippen molar-refractivity contribution in [1.82, 2.24) is 5.32 Å². The van der Waals surface area contributed by atoms with Crippen LogP contribution in [0.15, 0.2) is 18.2 Å². The van der Waals surface area contributed by atoms with Gasteiger partial charge in [0.05, 0.1) is 0 Å². The highest BCUT2D eigenvalue weighted by atomic mass is 35.5. The van der Waals surface area contributed by atoms with Crippen LogP contribution in [-0.2, 0) is 4.74 Å². The molecule has 0 bridgehead atoms. The van der Waals surface area contributed by atoms with Gasteiger partial charge in [-0.25, -0.2) is 4.79 Å². The number of nitrogens with one attached hydrogen (secondary N) is 1. The number of carbonyl (C=O) groups is 1. The van der Waals surface area contributed by atoms with Crippen molar-refractivity contribution in [3.8, 4) is 5.75 Å². The number of aliphatic hydroxyl groups is 1. The number of alkyl carbamates (subject to hydrolysis) is 1. The lowest BCUT2D eigenvalue weighted by molar-refractivity contribution is -0.0331. The molecule has 1 aromatic rings. The lowest BCUT2D eigenvalue weighted by Gasteiger charge is -2.43. The van der Waals surface area contributed by atoms with Gasteiger partial charge in [0.1, 0.15) is 29.1 Å². The molecule has 0 fully saturated rings. The molecule has 1 heterocycles. The van der Waals surface area contributed by atoms with Crippen molar-refractivity contribution in [1.29, 1.82) is 0 Å². The fourth-order valence-corrected chi connectivity index (χ4v) is 2.62. The van der Waals surface area contributed by atoms with Crippen molar-refractivity contribution in [2.45, 2.75) is 58.0 Å². The summed E-state index contributed by atoms with van der Waals surface area (Å²) in [7, 11) is 0. The Morgan fingerprint density at radius 1 is 1.41 bits per heavy atom. The molecular formula is C16H22ClNO4. The number of carbonyl (C=O) groups excluding carboxylic acids is 1. The van der Waals surface area contributed by atoms with Gasteiger partial charge in [-0.15, -0.1) is 0 Å². The number of rotatable bonds is 1. The number of hydrogen-bond acceptors (Lipinski definition) is 4. The van der Waals surface area contributed by atoms with Gasteiger partial charge >= 0.3 is 6.09 Å². The first-order chi connectivity index (χ1) is 9.99. The zero-order chi connectivity index (χ0) is 16.7. The topological polar surface area (TPSA) is 67.8 Å². The van der Waals surface area contributed by atoms with Crippen LogP contribution in [0.5, 0.6) is 5.75 Å². The van der Waals surface area contributed by atoms with Crippen molar-refractivity contribution >= 4 is 17.7 Å². The molecule has 2 N–H and O–H groups in total. The monoisotopic (exact) mass is 327 g/mol. The molecule has 1 aliphatic rings. The molecule has 2 atom stereocenters. The van der Waals surface area contributed by atoms with Crippen molar-refractivity contribution in [3.05, 3.63) is 28.8 Å². The zero-order valence-corrected chi connectivity index (χ0v) is 14.2. The molecule has 1 amide bonds. The number of halogens is 1. The maximum Gasteiger partial charge on any atom is 0.408 e. The van der Waals surface area contributed by atoms with Crippen LogP contribution < -0.4 is 10.1 Å². The van der Waals surface area contributed by atoms with Crippen molar-refractivity contribution < 1.29 is 19.4 Å². The van der Waals surface area contributed by atoms with E-state index in [0.717, 1.165) is 0 Å². The molecule has 0 unspecified atom stereocenters. The number of benzene rings is 1. The standard InChI is InChI=1S/C16H22ClNO4/c1-15(2,3)22-14(20)18-13-12(19)10-8-9(17)6-7-11(10)21-16(13,4)5/h6-8,12-13,19H,1-5H3,(H,18,20)/t12-,13+/m0/s1. The summed E-state index contributed by atoms with van der Waals surface area (Å²) in [6.07, 6.45) is -1.54. The lowest BCUT2D eigenvalue weighted by atomic mass is 9.86. The highest BCUT2D eigenvalue weighted by Gasteiger charge is 2.44. The van der Waals surface area contributed by atoms with E-state index in [9.17, 15) is 9.90 Å². The van der Waals surface area contributed by atoms with Crippen LogP contribution in [-0.4, -0.2) is 28.4 Å². The molecule has 6 heteroatoms. The van der Waals surface area contributed by atoms with Crippen molar-refractivity contribution in [2.24, 2.45) is 0 Å². The van der Waals surface area contributed by atoms with Crippen LogP contribution in [0.4, 0.5) is 4.79 Å². The molecule has 0 saturated heterocycles. The first kappa shape index (κ1) is 16.9. The van der Waals surface area contributed by atoms with Gasteiger partial charge in [0.2, 0.25) is 0 Å². The maximum absolute atomic E-state index is 12.0. The van der Waals surface area contributed by atoms with E-state index in [0.29, 0.717) is 16.3 Å². The first-order valence-corrected chi connectivity index (χ1v) is 7.53. The van der Waals surface area contributed by atoms with Crippen LogP contribution >= 0.6 is 11.6 Å². The van der Waals surface area contributed by atoms with Crippen LogP contribution in [0.2, 0.25) is 5.02 Å². The van der Waals surface area contributed by atoms with Crippen LogP contribution in [0.1, 0.15) is 46.3 Å². The Kier molecular flexibility index (Phi) is 4.33.